The van der Waals surface area contributed by atoms with Gasteiger partial charge in [0.15, 0.2) is 0 Å². The van der Waals surface area contributed by atoms with Gasteiger partial charge < -0.3 is 15.2 Å². The van der Waals surface area contributed by atoms with Gasteiger partial charge in [-0.25, -0.2) is 0 Å². The van der Waals surface area contributed by atoms with Crippen molar-refractivity contribution in [2.75, 3.05) is 19.8 Å². The molecule has 0 aliphatic carbocycles. The number of nitro benzene ring substituents is 1. The molecule has 2 unspecified atom stereocenters. The first kappa shape index (κ1) is 13.9. The number of hydrogen-bond acceptors (Lipinski definition) is 5. The highest BCUT2D eigenvalue weighted by molar-refractivity contribution is 5.33. The van der Waals surface area contributed by atoms with Gasteiger partial charge in [-0.15, -0.1) is 0 Å². The highest BCUT2D eigenvalue weighted by Gasteiger charge is 2.16. The van der Waals surface area contributed by atoms with E-state index in [1.165, 1.54) is 12.1 Å². The zero-order valence-electron chi connectivity index (χ0n) is 10.6. The fourth-order valence-electron chi connectivity index (χ4n) is 2.12. The molecule has 2 N–H and O–H groups in total. The number of benzene rings is 1. The Morgan fingerprint density at radius 3 is 2.79 bits per heavy atom. The summed E-state index contributed by atoms with van der Waals surface area (Å²) >= 11 is 0. The average Bonchev–Trinajstić information content (AvgIpc) is 2.46. The molecule has 1 heterocycles. The molecule has 19 heavy (non-hydrogen) atoms. The topological polar surface area (TPSA) is 84.6 Å². The van der Waals surface area contributed by atoms with Crippen LogP contribution in [0.2, 0.25) is 0 Å². The number of hydrogen-bond donors (Lipinski definition) is 2. The number of non-ortho nitro benzene ring substituents is 1. The smallest absolute Gasteiger partial charge is 0.269 e. The molecule has 2 rings (SSSR count). The summed E-state index contributed by atoms with van der Waals surface area (Å²) < 4.78 is 5.34. The largest absolute Gasteiger partial charge is 0.387 e. The Morgan fingerprint density at radius 2 is 2.21 bits per heavy atom. The molecule has 0 bridgehead atoms. The number of nitrogens with one attached hydrogen (secondary N) is 1. The summed E-state index contributed by atoms with van der Waals surface area (Å²) in [6, 6.07) is 6.26. The van der Waals surface area contributed by atoms with E-state index in [-0.39, 0.29) is 11.7 Å². The first-order valence-electron chi connectivity index (χ1n) is 6.40. The van der Waals surface area contributed by atoms with Crippen LogP contribution in [0, 0.1) is 10.1 Å². The molecule has 1 aliphatic heterocycles. The van der Waals surface area contributed by atoms with E-state index in [1.807, 2.05) is 0 Å². The van der Waals surface area contributed by atoms with Crippen molar-refractivity contribution in [2.24, 2.45) is 0 Å². The Hall–Kier alpha value is -1.50. The molecule has 2 atom stereocenters. The van der Waals surface area contributed by atoms with Gasteiger partial charge in [-0.3, -0.25) is 10.1 Å². The van der Waals surface area contributed by atoms with Crippen molar-refractivity contribution in [1.29, 1.82) is 0 Å². The molecule has 6 nitrogen and oxygen atoms in total. The van der Waals surface area contributed by atoms with Gasteiger partial charge in [-0.05, 0) is 30.5 Å². The summed E-state index contributed by atoms with van der Waals surface area (Å²) in [5.74, 6) is 0. The van der Waals surface area contributed by atoms with Crippen LogP contribution < -0.4 is 5.32 Å². The molecule has 6 heteroatoms. The minimum Gasteiger partial charge on any atom is -0.387 e. The third-order valence-electron chi connectivity index (χ3n) is 3.25. The van der Waals surface area contributed by atoms with Gasteiger partial charge in [0.05, 0.1) is 17.6 Å². The molecule has 1 aliphatic rings. The van der Waals surface area contributed by atoms with Crippen LogP contribution >= 0.6 is 0 Å². The number of rotatable bonds is 5. The molecule has 104 valence electrons. The Balaban J connectivity index is 1.84. The minimum absolute atomic E-state index is 0.0320. The molecule has 1 aromatic rings. The molecule has 0 radical (unpaired) electrons. The number of aliphatic hydroxyl groups excluding tert-OH is 1. The second-order valence-electron chi connectivity index (χ2n) is 4.69. The van der Waals surface area contributed by atoms with Gasteiger partial charge in [0, 0.05) is 31.3 Å². The lowest BCUT2D eigenvalue weighted by Gasteiger charge is -2.24. The number of aliphatic hydroxyl groups is 1. The third kappa shape index (κ3) is 3.99. The Bertz CT molecular complexity index is 415. The van der Waals surface area contributed by atoms with Crippen molar-refractivity contribution >= 4 is 5.69 Å². The first-order valence-corrected chi connectivity index (χ1v) is 6.40. The monoisotopic (exact) mass is 266 g/mol. The van der Waals surface area contributed by atoms with Crippen LogP contribution in [0.1, 0.15) is 24.5 Å². The van der Waals surface area contributed by atoms with Crippen molar-refractivity contribution in [3.63, 3.8) is 0 Å². The van der Waals surface area contributed by atoms with Crippen molar-refractivity contribution < 1.29 is 14.8 Å². The lowest BCUT2D eigenvalue weighted by atomic mass is 10.1. The maximum absolute atomic E-state index is 10.5. The lowest BCUT2D eigenvalue weighted by Crippen LogP contribution is -2.38. The summed E-state index contributed by atoms with van der Waals surface area (Å²) in [7, 11) is 0. The van der Waals surface area contributed by atoms with Crippen LogP contribution in [0.3, 0.4) is 0 Å². The summed E-state index contributed by atoms with van der Waals surface area (Å²) in [5, 5.41) is 23.8. The molecule has 0 spiro atoms. The standard InChI is InChI=1S/C13H18N2O4/c16-13(8-14-11-2-1-7-19-9-11)10-3-5-12(6-4-10)15(17)18/h3-6,11,13-14,16H,1-2,7-9H2. The molecule has 1 aromatic carbocycles. The predicted octanol–water partition coefficient (Wildman–Crippen LogP) is 1.40. The quantitative estimate of drug-likeness (QED) is 0.621. The third-order valence-corrected chi connectivity index (χ3v) is 3.25. The molecule has 0 amide bonds. The normalized spacial score (nSPS) is 21.0. The van der Waals surface area contributed by atoms with E-state index in [1.54, 1.807) is 12.1 Å². The van der Waals surface area contributed by atoms with E-state index < -0.39 is 11.0 Å². The first-order chi connectivity index (χ1) is 9.16. The fraction of sp³-hybridized carbons (Fsp3) is 0.538. The number of nitrogens with zero attached hydrogens (tertiary/aromatic N) is 1. The Labute approximate surface area is 111 Å². The molecule has 1 saturated heterocycles. The highest BCUT2D eigenvalue weighted by Crippen LogP contribution is 2.17. The average molecular weight is 266 g/mol. The van der Waals surface area contributed by atoms with E-state index in [0.29, 0.717) is 18.7 Å². The molecular weight excluding hydrogens is 248 g/mol. The summed E-state index contributed by atoms with van der Waals surface area (Å²) in [4.78, 5) is 10.1. The molecular formula is C13H18N2O4. The van der Waals surface area contributed by atoms with Crippen LogP contribution in [0.25, 0.3) is 0 Å². The van der Waals surface area contributed by atoms with Gasteiger partial charge in [-0.2, -0.15) is 0 Å². The van der Waals surface area contributed by atoms with E-state index in [2.05, 4.69) is 5.32 Å². The van der Waals surface area contributed by atoms with Gasteiger partial charge in [-0.1, -0.05) is 0 Å². The van der Waals surface area contributed by atoms with Crippen molar-refractivity contribution in [1.82, 2.24) is 5.32 Å². The minimum atomic E-state index is -0.664. The predicted molar refractivity (Wildman–Crippen MR) is 69.9 cm³/mol. The maximum atomic E-state index is 10.5. The van der Waals surface area contributed by atoms with E-state index in [0.717, 1.165) is 19.4 Å². The van der Waals surface area contributed by atoms with Crippen molar-refractivity contribution in [2.45, 2.75) is 25.0 Å². The Kier molecular flexibility index (Phi) is 4.84. The lowest BCUT2D eigenvalue weighted by molar-refractivity contribution is -0.384. The molecule has 1 fully saturated rings. The van der Waals surface area contributed by atoms with E-state index in [9.17, 15) is 15.2 Å². The van der Waals surface area contributed by atoms with Crippen LogP contribution in [0.4, 0.5) is 5.69 Å². The van der Waals surface area contributed by atoms with Crippen LogP contribution in [-0.4, -0.2) is 35.8 Å². The number of nitro groups is 1. The summed E-state index contributed by atoms with van der Waals surface area (Å²) in [5.41, 5.74) is 0.708. The molecule has 0 aromatic heterocycles. The zero-order chi connectivity index (χ0) is 13.7. The van der Waals surface area contributed by atoms with Crippen LogP contribution in [-0.2, 0) is 4.74 Å². The van der Waals surface area contributed by atoms with Gasteiger partial charge in [0.25, 0.3) is 5.69 Å². The van der Waals surface area contributed by atoms with Crippen LogP contribution in [0.15, 0.2) is 24.3 Å². The van der Waals surface area contributed by atoms with Gasteiger partial charge in [0.2, 0.25) is 0 Å². The van der Waals surface area contributed by atoms with Crippen LogP contribution in [0.5, 0.6) is 0 Å². The number of ether oxygens (including phenoxy) is 1. The molecule has 0 saturated carbocycles. The van der Waals surface area contributed by atoms with E-state index in [4.69, 9.17) is 4.74 Å². The van der Waals surface area contributed by atoms with E-state index >= 15 is 0 Å². The van der Waals surface area contributed by atoms with Gasteiger partial charge in [0.1, 0.15) is 0 Å². The second-order valence-corrected chi connectivity index (χ2v) is 4.69. The summed E-state index contributed by atoms with van der Waals surface area (Å²) in [6.45, 7) is 1.90. The van der Waals surface area contributed by atoms with Crippen molar-refractivity contribution in [3.05, 3.63) is 39.9 Å². The summed E-state index contributed by atoms with van der Waals surface area (Å²) in [6.07, 6.45) is 1.42. The highest BCUT2D eigenvalue weighted by atomic mass is 16.6. The maximum Gasteiger partial charge on any atom is 0.269 e. The van der Waals surface area contributed by atoms with Crippen molar-refractivity contribution in [3.8, 4) is 0 Å². The van der Waals surface area contributed by atoms with Gasteiger partial charge >= 0.3 is 0 Å². The fourth-order valence-corrected chi connectivity index (χ4v) is 2.12. The Morgan fingerprint density at radius 1 is 1.47 bits per heavy atom. The zero-order valence-corrected chi connectivity index (χ0v) is 10.6. The second kappa shape index (κ2) is 6.60. The SMILES string of the molecule is O=[N+]([O-])c1ccc(C(O)CNC2CCCOC2)cc1.